The Balaban J connectivity index is 2.45. The Morgan fingerprint density at radius 1 is 1.40 bits per heavy atom. The summed E-state index contributed by atoms with van der Waals surface area (Å²) >= 11 is 9.50. The SMILES string of the molecule is CC(C)(c1ccc(Cl)cc1Br)C1(N)CC1. The van der Waals surface area contributed by atoms with E-state index in [0.29, 0.717) is 0 Å². The van der Waals surface area contributed by atoms with Crippen molar-refractivity contribution < 1.29 is 0 Å². The van der Waals surface area contributed by atoms with Crippen LogP contribution in [0.1, 0.15) is 32.3 Å². The van der Waals surface area contributed by atoms with Gasteiger partial charge in [-0.05, 0) is 30.5 Å². The molecule has 0 aliphatic heterocycles. The predicted octanol–water partition coefficient (Wildman–Crippen LogP) is 3.87. The molecular weight excluding hydrogens is 273 g/mol. The predicted molar refractivity (Wildman–Crippen MR) is 68.3 cm³/mol. The molecule has 0 heterocycles. The molecule has 1 saturated carbocycles. The summed E-state index contributed by atoms with van der Waals surface area (Å²) in [7, 11) is 0. The molecule has 0 saturated heterocycles. The fraction of sp³-hybridized carbons (Fsp3) is 0.500. The van der Waals surface area contributed by atoms with Gasteiger partial charge >= 0.3 is 0 Å². The van der Waals surface area contributed by atoms with E-state index < -0.39 is 0 Å². The summed E-state index contributed by atoms with van der Waals surface area (Å²) in [5.74, 6) is 0. The van der Waals surface area contributed by atoms with E-state index in [2.05, 4.69) is 35.8 Å². The van der Waals surface area contributed by atoms with Gasteiger partial charge < -0.3 is 5.73 Å². The Labute approximate surface area is 104 Å². The maximum absolute atomic E-state index is 6.31. The molecule has 0 aromatic heterocycles. The summed E-state index contributed by atoms with van der Waals surface area (Å²) in [4.78, 5) is 0. The highest BCUT2D eigenvalue weighted by Crippen LogP contribution is 2.50. The number of rotatable bonds is 2. The number of hydrogen-bond donors (Lipinski definition) is 1. The van der Waals surface area contributed by atoms with Crippen molar-refractivity contribution in [2.75, 3.05) is 0 Å². The molecule has 1 aliphatic rings. The number of benzene rings is 1. The van der Waals surface area contributed by atoms with Gasteiger partial charge in [-0.1, -0.05) is 47.4 Å². The lowest BCUT2D eigenvalue weighted by Gasteiger charge is -2.33. The molecule has 15 heavy (non-hydrogen) atoms. The Morgan fingerprint density at radius 2 is 2.00 bits per heavy atom. The molecule has 2 N–H and O–H groups in total. The van der Waals surface area contributed by atoms with Crippen LogP contribution in [-0.4, -0.2) is 5.54 Å². The topological polar surface area (TPSA) is 26.0 Å². The van der Waals surface area contributed by atoms with Crippen LogP contribution in [0.4, 0.5) is 0 Å². The molecule has 0 bridgehead atoms. The zero-order valence-electron chi connectivity index (χ0n) is 8.98. The van der Waals surface area contributed by atoms with Crippen molar-refractivity contribution in [3.63, 3.8) is 0 Å². The first-order valence-corrected chi connectivity index (χ1v) is 6.28. The minimum absolute atomic E-state index is 0.00355. The van der Waals surface area contributed by atoms with E-state index in [0.717, 1.165) is 22.3 Å². The van der Waals surface area contributed by atoms with Crippen LogP contribution < -0.4 is 5.73 Å². The Hall–Kier alpha value is -0.0500. The van der Waals surface area contributed by atoms with Crippen LogP contribution >= 0.6 is 27.5 Å². The molecule has 0 radical (unpaired) electrons. The first kappa shape index (κ1) is 11.4. The fourth-order valence-corrected chi connectivity index (χ4v) is 3.20. The van der Waals surface area contributed by atoms with Crippen LogP contribution in [0.25, 0.3) is 0 Å². The third kappa shape index (κ3) is 1.83. The molecular formula is C12H15BrClN. The van der Waals surface area contributed by atoms with E-state index in [9.17, 15) is 0 Å². The highest BCUT2D eigenvalue weighted by Gasteiger charge is 2.52. The van der Waals surface area contributed by atoms with Crippen LogP contribution in [0.2, 0.25) is 5.02 Å². The zero-order valence-corrected chi connectivity index (χ0v) is 11.3. The van der Waals surface area contributed by atoms with Crippen molar-refractivity contribution in [3.8, 4) is 0 Å². The average molecular weight is 289 g/mol. The van der Waals surface area contributed by atoms with Gasteiger partial charge in [-0.15, -0.1) is 0 Å². The first-order chi connectivity index (χ1) is 6.87. The molecule has 1 aromatic carbocycles. The van der Waals surface area contributed by atoms with Crippen molar-refractivity contribution in [1.29, 1.82) is 0 Å². The van der Waals surface area contributed by atoms with E-state index in [1.807, 2.05) is 12.1 Å². The third-order valence-corrected chi connectivity index (χ3v) is 4.53. The van der Waals surface area contributed by atoms with Gasteiger partial charge in [0.1, 0.15) is 0 Å². The number of nitrogens with two attached hydrogens (primary N) is 1. The van der Waals surface area contributed by atoms with Crippen molar-refractivity contribution in [2.24, 2.45) is 5.73 Å². The molecule has 1 nitrogen and oxygen atoms in total. The Morgan fingerprint density at radius 3 is 2.47 bits per heavy atom. The molecule has 0 unspecified atom stereocenters. The molecule has 0 spiro atoms. The standard InChI is InChI=1S/C12H15BrClN/c1-11(2,12(15)5-6-12)9-4-3-8(14)7-10(9)13/h3-4,7H,5-6,15H2,1-2H3. The molecule has 0 amide bonds. The summed E-state index contributed by atoms with van der Waals surface area (Å²) in [6, 6.07) is 5.93. The number of halogens is 2. The maximum atomic E-state index is 6.31. The van der Waals surface area contributed by atoms with Gasteiger partial charge in [-0.25, -0.2) is 0 Å². The Bertz CT molecular complexity index is 397. The maximum Gasteiger partial charge on any atom is 0.0417 e. The zero-order chi connectivity index (χ0) is 11.3. The van der Waals surface area contributed by atoms with E-state index in [1.54, 1.807) is 0 Å². The first-order valence-electron chi connectivity index (χ1n) is 5.11. The largest absolute Gasteiger partial charge is 0.324 e. The minimum atomic E-state index is -0.0383. The summed E-state index contributed by atoms with van der Waals surface area (Å²) < 4.78 is 1.05. The van der Waals surface area contributed by atoms with Gasteiger partial charge in [0.25, 0.3) is 0 Å². The average Bonchev–Trinajstić information content (AvgIpc) is 2.84. The minimum Gasteiger partial charge on any atom is -0.324 e. The quantitative estimate of drug-likeness (QED) is 0.878. The van der Waals surface area contributed by atoms with E-state index in [4.69, 9.17) is 17.3 Å². The molecule has 1 fully saturated rings. The molecule has 82 valence electrons. The Kier molecular flexibility index (Phi) is 2.65. The molecule has 1 aliphatic carbocycles. The van der Waals surface area contributed by atoms with Crippen LogP contribution in [0.3, 0.4) is 0 Å². The summed E-state index contributed by atoms with van der Waals surface area (Å²) in [5, 5.41) is 0.753. The normalized spacial score (nSPS) is 19.0. The van der Waals surface area contributed by atoms with Gasteiger partial charge in [0, 0.05) is 20.4 Å². The van der Waals surface area contributed by atoms with E-state index in [-0.39, 0.29) is 11.0 Å². The second-order valence-corrected chi connectivity index (χ2v) is 6.20. The lowest BCUT2D eigenvalue weighted by Crippen LogP contribution is -2.43. The lowest BCUT2D eigenvalue weighted by molar-refractivity contribution is 0.390. The van der Waals surface area contributed by atoms with Crippen molar-refractivity contribution in [1.82, 2.24) is 0 Å². The third-order valence-electron chi connectivity index (χ3n) is 3.64. The van der Waals surface area contributed by atoms with Crippen LogP contribution in [0.15, 0.2) is 22.7 Å². The van der Waals surface area contributed by atoms with Crippen LogP contribution in [0.5, 0.6) is 0 Å². The van der Waals surface area contributed by atoms with Gasteiger partial charge in [-0.3, -0.25) is 0 Å². The molecule has 0 atom stereocenters. The van der Waals surface area contributed by atoms with Gasteiger partial charge in [0.2, 0.25) is 0 Å². The van der Waals surface area contributed by atoms with Crippen molar-refractivity contribution in [3.05, 3.63) is 33.3 Å². The summed E-state index contributed by atoms with van der Waals surface area (Å²) in [6.07, 6.45) is 2.21. The fourth-order valence-electron chi connectivity index (χ4n) is 2.02. The molecule has 1 aromatic rings. The van der Waals surface area contributed by atoms with Crippen molar-refractivity contribution >= 4 is 27.5 Å². The van der Waals surface area contributed by atoms with Gasteiger partial charge in [-0.2, -0.15) is 0 Å². The van der Waals surface area contributed by atoms with Crippen molar-refractivity contribution in [2.45, 2.75) is 37.6 Å². The lowest BCUT2D eigenvalue weighted by atomic mass is 9.76. The van der Waals surface area contributed by atoms with E-state index >= 15 is 0 Å². The van der Waals surface area contributed by atoms with E-state index in [1.165, 1.54) is 5.56 Å². The summed E-state index contributed by atoms with van der Waals surface area (Å²) in [6.45, 7) is 4.40. The van der Waals surface area contributed by atoms with Crippen LogP contribution in [-0.2, 0) is 5.41 Å². The van der Waals surface area contributed by atoms with Gasteiger partial charge in [0.05, 0.1) is 0 Å². The number of hydrogen-bond acceptors (Lipinski definition) is 1. The summed E-state index contributed by atoms with van der Waals surface area (Å²) in [5.41, 5.74) is 7.51. The highest BCUT2D eigenvalue weighted by atomic mass is 79.9. The second-order valence-electron chi connectivity index (χ2n) is 4.91. The smallest absolute Gasteiger partial charge is 0.0417 e. The second kappa shape index (κ2) is 3.47. The molecule has 3 heteroatoms. The molecule has 2 rings (SSSR count). The monoisotopic (exact) mass is 287 g/mol. The van der Waals surface area contributed by atoms with Gasteiger partial charge in [0.15, 0.2) is 0 Å². The highest BCUT2D eigenvalue weighted by molar-refractivity contribution is 9.10. The van der Waals surface area contributed by atoms with Crippen LogP contribution in [0, 0.1) is 0 Å².